The van der Waals surface area contributed by atoms with Crippen molar-refractivity contribution in [1.29, 1.82) is 0 Å². The standard InChI is InChI=1S/C25H34N2O4/c1-2-3-4-7-15-29-21-11-8-10-20(17-21)26-18-25(28)27-23-13-5-6-14-24(23)31-19-22-12-9-16-30-22/h5-6,8,10-11,13-14,17,22,26H,2-4,7,9,12,15-16,18-19H2,1H3,(H,27,28). The molecule has 1 unspecified atom stereocenters. The van der Waals surface area contributed by atoms with E-state index in [0.717, 1.165) is 37.3 Å². The van der Waals surface area contributed by atoms with Crippen LogP contribution in [0.2, 0.25) is 0 Å². The molecule has 0 aliphatic carbocycles. The van der Waals surface area contributed by atoms with Gasteiger partial charge in [-0.3, -0.25) is 4.79 Å². The van der Waals surface area contributed by atoms with Gasteiger partial charge >= 0.3 is 0 Å². The molecule has 1 heterocycles. The molecule has 168 valence electrons. The van der Waals surface area contributed by atoms with E-state index in [-0.39, 0.29) is 18.6 Å². The fourth-order valence-electron chi connectivity index (χ4n) is 3.45. The maximum Gasteiger partial charge on any atom is 0.243 e. The zero-order chi connectivity index (χ0) is 21.7. The van der Waals surface area contributed by atoms with Crippen molar-refractivity contribution in [3.63, 3.8) is 0 Å². The van der Waals surface area contributed by atoms with Gasteiger partial charge in [-0.2, -0.15) is 0 Å². The second-order valence-corrected chi connectivity index (χ2v) is 7.78. The molecule has 0 saturated carbocycles. The summed E-state index contributed by atoms with van der Waals surface area (Å²) in [6, 6.07) is 15.2. The molecule has 0 radical (unpaired) electrons. The molecule has 2 N–H and O–H groups in total. The molecule has 2 aromatic carbocycles. The second-order valence-electron chi connectivity index (χ2n) is 7.78. The molecule has 3 rings (SSSR count). The molecule has 0 aromatic heterocycles. The molecule has 1 atom stereocenters. The van der Waals surface area contributed by atoms with Crippen LogP contribution in [0.5, 0.6) is 11.5 Å². The molecule has 6 nitrogen and oxygen atoms in total. The van der Waals surface area contributed by atoms with Crippen LogP contribution in [0, 0.1) is 0 Å². The molecule has 6 heteroatoms. The average Bonchev–Trinajstić information content (AvgIpc) is 3.31. The number of hydrogen-bond donors (Lipinski definition) is 2. The molecular formula is C25H34N2O4. The van der Waals surface area contributed by atoms with Crippen molar-refractivity contribution in [2.24, 2.45) is 0 Å². The number of ether oxygens (including phenoxy) is 3. The highest BCUT2D eigenvalue weighted by Gasteiger charge is 2.17. The number of benzene rings is 2. The number of anilines is 2. The van der Waals surface area contributed by atoms with Crippen molar-refractivity contribution in [3.05, 3.63) is 48.5 Å². The van der Waals surface area contributed by atoms with Gasteiger partial charge in [-0.15, -0.1) is 0 Å². The zero-order valence-electron chi connectivity index (χ0n) is 18.4. The van der Waals surface area contributed by atoms with Gasteiger partial charge in [-0.1, -0.05) is 44.4 Å². The molecule has 1 amide bonds. The minimum atomic E-state index is -0.140. The third-order valence-corrected chi connectivity index (χ3v) is 5.16. The number of para-hydroxylation sites is 2. The number of unbranched alkanes of at least 4 members (excludes halogenated alkanes) is 3. The number of nitrogens with one attached hydrogen (secondary N) is 2. The quantitative estimate of drug-likeness (QED) is 0.428. The Bertz CT molecular complexity index is 806. The average molecular weight is 427 g/mol. The zero-order valence-corrected chi connectivity index (χ0v) is 18.4. The van der Waals surface area contributed by atoms with Crippen LogP contribution in [0.3, 0.4) is 0 Å². The summed E-state index contributed by atoms with van der Waals surface area (Å²) in [6.45, 7) is 4.36. The van der Waals surface area contributed by atoms with Gasteiger partial charge in [0.25, 0.3) is 0 Å². The Morgan fingerprint density at radius 3 is 2.84 bits per heavy atom. The number of carbonyl (C=O) groups is 1. The maximum absolute atomic E-state index is 12.5. The second kappa shape index (κ2) is 12.8. The fraction of sp³-hybridized carbons (Fsp3) is 0.480. The first-order chi connectivity index (χ1) is 15.2. The fourth-order valence-corrected chi connectivity index (χ4v) is 3.45. The Morgan fingerprint density at radius 2 is 2.00 bits per heavy atom. The number of amides is 1. The van der Waals surface area contributed by atoms with Gasteiger partial charge in [-0.05, 0) is 43.5 Å². The third-order valence-electron chi connectivity index (χ3n) is 5.16. The first kappa shape index (κ1) is 22.9. The van der Waals surface area contributed by atoms with Crippen molar-refractivity contribution in [1.82, 2.24) is 0 Å². The van der Waals surface area contributed by atoms with Gasteiger partial charge < -0.3 is 24.8 Å². The molecule has 1 fully saturated rings. The lowest BCUT2D eigenvalue weighted by molar-refractivity contribution is -0.114. The lowest BCUT2D eigenvalue weighted by atomic mass is 10.2. The molecule has 1 saturated heterocycles. The van der Waals surface area contributed by atoms with E-state index in [0.29, 0.717) is 24.7 Å². The Balaban J connectivity index is 1.44. The highest BCUT2D eigenvalue weighted by atomic mass is 16.5. The Morgan fingerprint density at radius 1 is 1.10 bits per heavy atom. The summed E-state index contributed by atoms with van der Waals surface area (Å²) < 4.78 is 17.3. The van der Waals surface area contributed by atoms with Gasteiger partial charge in [0.1, 0.15) is 18.1 Å². The summed E-state index contributed by atoms with van der Waals surface area (Å²) >= 11 is 0. The summed E-state index contributed by atoms with van der Waals surface area (Å²) in [7, 11) is 0. The van der Waals surface area contributed by atoms with E-state index in [2.05, 4.69) is 17.6 Å². The number of carbonyl (C=O) groups excluding carboxylic acids is 1. The van der Waals surface area contributed by atoms with Gasteiger partial charge in [0, 0.05) is 18.4 Å². The molecule has 1 aliphatic heterocycles. The molecule has 0 spiro atoms. The summed E-state index contributed by atoms with van der Waals surface area (Å²) in [5.41, 5.74) is 1.51. The van der Waals surface area contributed by atoms with Crippen LogP contribution in [0.25, 0.3) is 0 Å². The Kier molecular flexibility index (Phi) is 9.51. The van der Waals surface area contributed by atoms with E-state index >= 15 is 0 Å². The Labute approximate surface area is 185 Å². The molecular weight excluding hydrogens is 392 g/mol. The monoisotopic (exact) mass is 426 g/mol. The van der Waals surface area contributed by atoms with E-state index in [1.54, 1.807) is 0 Å². The largest absolute Gasteiger partial charge is 0.494 e. The predicted octanol–water partition coefficient (Wildman–Crippen LogP) is 5.25. The summed E-state index contributed by atoms with van der Waals surface area (Å²) in [5, 5.41) is 6.09. The van der Waals surface area contributed by atoms with Gasteiger partial charge in [0.2, 0.25) is 5.91 Å². The Hall–Kier alpha value is -2.73. The van der Waals surface area contributed by atoms with E-state index < -0.39 is 0 Å². The van der Waals surface area contributed by atoms with Crippen LogP contribution in [0.4, 0.5) is 11.4 Å². The lowest BCUT2D eigenvalue weighted by Gasteiger charge is -2.15. The SMILES string of the molecule is CCCCCCOc1cccc(NCC(=O)Nc2ccccc2OCC2CCCO2)c1. The van der Waals surface area contributed by atoms with Crippen molar-refractivity contribution in [2.75, 3.05) is 37.0 Å². The van der Waals surface area contributed by atoms with Crippen molar-refractivity contribution in [3.8, 4) is 11.5 Å². The minimum Gasteiger partial charge on any atom is -0.494 e. The van der Waals surface area contributed by atoms with Crippen LogP contribution in [-0.4, -0.2) is 38.4 Å². The topological polar surface area (TPSA) is 68.8 Å². The highest BCUT2D eigenvalue weighted by molar-refractivity contribution is 5.95. The summed E-state index contributed by atoms with van der Waals surface area (Å²) in [5.74, 6) is 1.33. The number of hydrogen-bond acceptors (Lipinski definition) is 5. The van der Waals surface area contributed by atoms with Crippen LogP contribution in [0.15, 0.2) is 48.5 Å². The molecule has 0 bridgehead atoms. The van der Waals surface area contributed by atoms with Gasteiger partial charge in [-0.25, -0.2) is 0 Å². The van der Waals surface area contributed by atoms with Gasteiger partial charge in [0.15, 0.2) is 0 Å². The summed E-state index contributed by atoms with van der Waals surface area (Å²) in [6.07, 6.45) is 6.92. The van der Waals surface area contributed by atoms with Crippen molar-refractivity contribution < 1.29 is 19.0 Å². The van der Waals surface area contributed by atoms with Gasteiger partial charge in [0.05, 0.1) is 24.9 Å². The highest BCUT2D eigenvalue weighted by Crippen LogP contribution is 2.25. The molecule has 1 aliphatic rings. The van der Waals surface area contributed by atoms with Crippen LogP contribution in [-0.2, 0) is 9.53 Å². The van der Waals surface area contributed by atoms with E-state index in [4.69, 9.17) is 14.2 Å². The minimum absolute atomic E-state index is 0.131. The van der Waals surface area contributed by atoms with Crippen LogP contribution >= 0.6 is 0 Å². The molecule has 31 heavy (non-hydrogen) atoms. The normalized spacial score (nSPS) is 15.5. The summed E-state index contributed by atoms with van der Waals surface area (Å²) in [4.78, 5) is 12.5. The van der Waals surface area contributed by atoms with E-state index in [1.165, 1.54) is 19.3 Å². The molecule has 2 aromatic rings. The lowest BCUT2D eigenvalue weighted by Crippen LogP contribution is -2.22. The van der Waals surface area contributed by atoms with Crippen molar-refractivity contribution >= 4 is 17.3 Å². The predicted molar refractivity (Wildman–Crippen MR) is 124 cm³/mol. The number of rotatable bonds is 13. The van der Waals surface area contributed by atoms with Crippen LogP contribution < -0.4 is 20.1 Å². The first-order valence-electron chi connectivity index (χ1n) is 11.3. The third kappa shape index (κ3) is 8.13. The first-order valence-corrected chi connectivity index (χ1v) is 11.3. The maximum atomic E-state index is 12.5. The van der Waals surface area contributed by atoms with Crippen LogP contribution in [0.1, 0.15) is 45.4 Å². The van der Waals surface area contributed by atoms with E-state index in [9.17, 15) is 4.79 Å². The van der Waals surface area contributed by atoms with E-state index in [1.807, 2.05) is 48.5 Å². The smallest absolute Gasteiger partial charge is 0.243 e. The van der Waals surface area contributed by atoms with Crippen molar-refractivity contribution in [2.45, 2.75) is 51.6 Å².